The zero-order chi connectivity index (χ0) is 16.0. The molecule has 0 aliphatic heterocycles. The van der Waals surface area contributed by atoms with Crippen LogP contribution in [-0.4, -0.2) is 39.1 Å². The van der Waals surface area contributed by atoms with Crippen molar-refractivity contribution in [2.45, 2.75) is 25.3 Å². The Morgan fingerprint density at radius 3 is 2.52 bits per heavy atom. The van der Waals surface area contributed by atoms with Crippen LogP contribution in [0.4, 0.5) is 0 Å². The van der Waals surface area contributed by atoms with Gasteiger partial charge < -0.3 is 15.5 Å². The van der Waals surface area contributed by atoms with E-state index in [1.54, 1.807) is 0 Å². The molecule has 1 heterocycles. The molecule has 0 aromatic carbocycles. The molecule has 3 N–H and O–H groups in total. The number of aliphatic carboxylic acids is 2. The minimum absolute atomic E-state index is 0.00107. The number of hydrogen-bond donors (Lipinski definition) is 3. The Balaban J connectivity index is 2.74. The van der Waals surface area contributed by atoms with Gasteiger partial charge in [0, 0.05) is 12.6 Å². The maximum absolute atomic E-state index is 12.0. The molecule has 0 fully saturated rings. The summed E-state index contributed by atoms with van der Waals surface area (Å²) in [7, 11) is 0. The average molecular weight is 335 g/mol. The number of carbonyl (C=O) groups excluding carboxylic acids is 1. The highest BCUT2D eigenvalue weighted by Crippen LogP contribution is 2.18. The van der Waals surface area contributed by atoms with Crippen LogP contribution < -0.4 is 5.32 Å². The smallest absolute Gasteiger partial charge is 0.326 e. The van der Waals surface area contributed by atoms with Crippen LogP contribution in [-0.2, 0) is 9.59 Å². The number of hydrogen-bond acceptors (Lipinski definition) is 4. The molecular weight excluding hydrogens is 323 g/mol. The molecule has 0 spiro atoms. The number of nitrogens with one attached hydrogen (secondary N) is 1. The number of aromatic nitrogens is 1. The molecule has 1 amide bonds. The summed E-state index contributed by atoms with van der Waals surface area (Å²) in [5, 5.41) is 19.9. The Labute approximate surface area is 129 Å². The molecule has 9 heteroatoms. The van der Waals surface area contributed by atoms with E-state index in [4.69, 9.17) is 33.4 Å². The van der Waals surface area contributed by atoms with Crippen LogP contribution in [0.25, 0.3) is 0 Å². The summed E-state index contributed by atoms with van der Waals surface area (Å²) >= 11 is 11.4. The maximum atomic E-state index is 12.0. The van der Waals surface area contributed by atoms with Crippen molar-refractivity contribution in [1.82, 2.24) is 10.3 Å². The normalized spacial score (nSPS) is 11.7. The highest BCUT2D eigenvalue weighted by atomic mass is 35.5. The molecule has 0 saturated carbocycles. The first-order valence-corrected chi connectivity index (χ1v) is 6.63. The summed E-state index contributed by atoms with van der Waals surface area (Å²) in [5.74, 6) is -3.01. The third kappa shape index (κ3) is 5.57. The predicted molar refractivity (Wildman–Crippen MR) is 74.6 cm³/mol. The fourth-order valence-electron chi connectivity index (χ4n) is 1.54. The second-order valence-electron chi connectivity index (χ2n) is 4.14. The quantitative estimate of drug-likeness (QED) is 0.655. The lowest BCUT2D eigenvalue weighted by molar-refractivity contribution is -0.140. The van der Waals surface area contributed by atoms with Gasteiger partial charge in [-0.05, 0) is 18.9 Å². The topological polar surface area (TPSA) is 117 Å². The van der Waals surface area contributed by atoms with Gasteiger partial charge in [-0.1, -0.05) is 23.2 Å². The fourth-order valence-corrected chi connectivity index (χ4v) is 1.89. The number of carboxylic acids is 2. The molecule has 0 bridgehead atoms. The first-order chi connectivity index (χ1) is 9.81. The fraction of sp³-hybridized carbons (Fsp3) is 0.333. The summed E-state index contributed by atoms with van der Waals surface area (Å²) in [6, 6.07) is 0.00918. The number of nitrogens with zero attached hydrogens (tertiary/aromatic N) is 1. The molecule has 0 radical (unpaired) electrons. The Morgan fingerprint density at radius 2 is 1.95 bits per heavy atom. The standard InChI is InChI=1S/C12H12Cl2N2O5/c13-7-5-15-9(14)4-6(7)11(19)16-8(12(20)21)2-1-3-10(17)18/h4-5,8H,1-3H2,(H,16,19)(H,17,18)(H,20,21)/t8-/m1/s1. The van der Waals surface area contributed by atoms with Crippen LogP contribution >= 0.6 is 23.2 Å². The van der Waals surface area contributed by atoms with Gasteiger partial charge in [0.05, 0.1) is 10.6 Å². The van der Waals surface area contributed by atoms with Crippen LogP contribution in [0.5, 0.6) is 0 Å². The Kier molecular flexibility index (Phi) is 6.39. The highest BCUT2D eigenvalue weighted by molar-refractivity contribution is 6.35. The number of rotatable bonds is 7. The SMILES string of the molecule is O=C(O)CCC[C@@H](NC(=O)c1cc(Cl)ncc1Cl)C(=O)O. The molecule has 0 aliphatic carbocycles. The molecule has 21 heavy (non-hydrogen) atoms. The van der Waals surface area contributed by atoms with Crippen molar-refractivity contribution in [1.29, 1.82) is 0 Å². The predicted octanol–water partition coefficient (Wildman–Crippen LogP) is 1.83. The van der Waals surface area contributed by atoms with Gasteiger partial charge in [0.2, 0.25) is 0 Å². The molecular formula is C12H12Cl2N2O5. The Hall–Kier alpha value is -1.86. The van der Waals surface area contributed by atoms with Crippen LogP contribution in [0.1, 0.15) is 29.6 Å². The van der Waals surface area contributed by atoms with Crippen LogP contribution in [0.2, 0.25) is 10.2 Å². The first-order valence-electron chi connectivity index (χ1n) is 5.87. The molecule has 0 unspecified atom stereocenters. The molecule has 1 rings (SSSR count). The lowest BCUT2D eigenvalue weighted by Crippen LogP contribution is -2.41. The summed E-state index contributed by atoms with van der Waals surface area (Å²) in [4.78, 5) is 37.1. The number of amides is 1. The third-order valence-corrected chi connectivity index (χ3v) is 3.06. The maximum Gasteiger partial charge on any atom is 0.326 e. The Morgan fingerprint density at radius 1 is 1.29 bits per heavy atom. The summed E-state index contributed by atoms with van der Waals surface area (Å²) in [5.41, 5.74) is 0.00107. The zero-order valence-electron chi connectivity index (χ0n) is 10.7. The summed E-state index contributed by atoms with van der Waals surface area (Å²) < 4.78 is 0. The number of halogens is 2. The van der Waals surface area contributed by atoms with E-state index in [2.05, 4.69) is 10.3 Å². The van der Waals surface area contributed by atoms with Crippen LogP contribution in [0, 0.1) is 0 Å². The average Bonchev–Trinajstić information content (AvgIpc) is 2.39. The van der Waals surface area contributed by atoms with Crippen molar-refractivity contribution in [3.63, 3.8) is 0 Å². The highest BCUT2D eigenvalue weighted by Gasteiger charge is 2.22. The number of carbonyl (C=O) groups is 3. The summed E-state index contributed by atoms with van der Waals surface area (Å²) in [6.07, 6.45) is 1.11. The van der Waals surface area contributed by atoms with Gasteiger partial charge in [0.1, 0.15) is 11.2 Å². The second kappa shape index (κ2) is 7.80. The third-order valence-electron chi connectivity index (χ3n) is 2.55. The molecule has 1 atom stereocenters. The lowest BCUT2D eigenvalue weighted by Gasteiger charge is -2.14. The monoisotopic (exact) mass is 334 g/mol. The molecule has 114 valence electrons. The van der Waals surface area contributed by atoms with Gasteiger partial charge in [-0.25, -0.2) is 9.78 Å². The van der Waals surface area contributed by atoms with Crippen molar-refractivity contribution in [2.24, 2.45) is 0 Å². The molecule has 0 saturated heterocycles. The lowest BCUT2D eigenvalue weighted by atomic mass is 10.1. The zero-order valence-corrected chi connectivity index (χ0v) is 12.2. The van der Waals surface area contributed by atoms with Gasteiger partial charge in [0.15, 0.2) is 0 Å². The Bertz CT molecular complexity index is 565. The summed E-state index contributed by atoms with van der Waals surface area (Å²) in [6.45, 7) is 0. The van der Waals surface area contributed by atoms with Crippen LogP contribution in [0.15, 0.2) is 12.3 Å². The van der Waals surface area contributed by atoms with Gasteiger partial charge >= 0.3 is 11.9 Å². The molecule has 1 aromatic rings. The van der Waals surface area contributed by atoms with E-state index < -0.39 is 23.9 Å². The van der Waals surface area contributed by atoms with Crippen molar-refractivity contribution >= 4 is 41.0 Å². The van der Waals surface area contributed by atoms with Crippen LogP contribution in [0.3, 0.4) is 0 Å². The second-order valence-corrected chi connectivity index (χ2v) is 4.93. The van der Waals surface area contributed by atoms with Gasteiger partial charge in [-0.15, -0.1) is 0 Å². The van der Waals surface area contributed by atoms with Crippen molar-refractivity contribution in [3.05, 3.63) is 28.0 Å². The van der Waals surface area contributed by atoms with E-state index in [9.17, 15) is 14.4 Å². The molecule has 0 aliphatic rings. The van der Waals surface area contributed by atoms with Gasteiger partial charge in [-0.2, -0.15) is 0 Å². The van der Waals surface area contributed by atoms with E-state index in [-0.39, 0.29) is 35.0 Å². The molecule has 1 aromatic heterocycles. The van der Waals surface area contributed by atoms with Crippen molar-refractivity contribution < 1.29 is 24.6 Å². The van der Waals surface area contributed by atoms with E-state index in [0.717, 1.165) is 0 Å². The van der Waals surface area contributed by atoms with Gasteiger partial charge in [0.25, 0.3) is 5.91 Å². The van der Waals surface area contributed by atoms with E-state index in [1.165, 1.54) is 12.3 Å². The minimum atomic E-state index is -1.26. The van der Waals surface area contributed by atoms with Crippen molar-refractivity contribution in [3.8, 4) is 0 Å². The first kappa shape index (κ1) is 17.2. The van der Waals surface area contributed by atoms with E-state index in [0.29, 0.717) is 0 Å². The molecule has 7 nitrogen and oxygen atoms in total. The minimum Gasteiger partial charge on any atom is -0.481 e. The number of carboxylic acid groups (broad SMARTS) is 2. The van der Waals surface area contributed by atoms with E-state index in [1.807, 2.05) is 0 Å². The van der Waals surface area contributed by atoms with Crippen molar-refractivity contribution in [2.75, 3.05) is 0 Å². The number of pyridine rings is 1. The van der Waals surface area contributed by atoms with Gasteiger partial charge in [-0.3, -0.25) is 9.59 Å². The largest absolute Gasteiger partial charge is 0.481 e. The van der Waals surface area contributed by atoms with E-state index >= 15 is 0 Å².